The van der Waals surface area contributed by atoms with E-state index < -0.39 is 35.3 Å². The highest BCUT2D eigenvalue weighted by Gasteiger charge is 2.28. The first kappa shape index (κ1) is 25.8. The Hall–Kier alpha value is -4.28. The number of fused-ring (bicyclic) bond motifs is 1. The van der Waals surface area contributed by atoms with Crippen molar-refractivity contribution >= 4 is 29.0 Å². The van der Waals surface area contributed by atoms with Gasteiger partial charge in [0.1, 0.15) is 29.2 Å². The Morgan fingerprint density at radius 3 is 2.65 bits per heavy atom. The number of benzene rings is 1. The number of aryl methyl sites for hydroxylation is 1. The molecule has 0 aliphatic carbocycles. The van der Waals surface area contributed by atoms with E-state index in [1.807, 2.05) is 0 Å². The van der Waals surface area contributed by atoms with Gasteiger partial charge < -0.3 is 10.2 Å². The van der Waals surface area contributed by atoms with Gasteiger partial charge in [-0.3, -0.25) is 19.1 Å². The molecule has 1 N–H and O–H groups in total. The standard InChI is InChI=1S/C26H25F3N6O2/c1-5-15-11-35(12-20(15)30-6-2)26(37)19-10-18-23(31-13-32-24(18)34(4)25(19)36)33-14(3)16-8-7-9-17(21(16)27)22(28)29/h5-10,13-14,22H,1,11-12H2,2-4H3,(H,31,32,33)/t14-/m1/s1. The van der Waals surface area contributed by atoms with Gasteiger partial charge in [0.25, 0.3) is 17.9 Å². The minimum absolute atomic E-state index is 0.0230. The van der Waals surface area contributed by atoms with E-state index in [-0.39, 0.29) is 35.7 Å². The lowest BCUT2D eigenvalue weighted by Gasteiger charge is -2.20. The predicted octanol–water partition coefficient (Wildman–Crippen LogP) is 4.56. The number of carbonyl (C=O) groups excluding carboxylic acids is 1. The lowest BCUT2D eigenvalue weighted by molar-refractivity contribution is 0.0794. The van der Waals surface area contributed by atoms with Gasteiger partial charge in [0.2, 0.25) is 0 Å². The molecule has 1 aliphatic heterocycles. The zero-order chi connectivity index (χ0) is 26.9. The molecule has 192 valence electrons. The van der Waals surface area contributed by atoms with Crippen LogP contribution in [0.2, 0.25) is 0 Å². The summed E-state index contributed by atoms with van der Waals surface area (Å²) in [4.78, 5) is 40.7. The summed E-state index contributed by atoms with van der Waals surface area (Å²) in [5.41, 5.74) is 0.409. The maximum Gasteiger partial charge on any atom is 0.266 e. The number of aromatic nitrogens is 3. The molecule has 0 saturated carbocycles. The number of carbonyl (C=O) groups is 1. The third kappa shape index (κ3) is 4.76. The molecule has 37 heavy (non-hydrogen) atoms. The summed E-state index contributed by atoms with van der Waals surface area (Å²) in [5.74, 6) is -1.29. The third-order valence-corrected chi connectivity index (χ3v) is 6.24. The number of nitrogens with zero attached hydrogens (tertiary/aromatic N) is 5. The number of aliphatic imine (C=N–C) groups is 1. The fourth-order valence-electron chi connectivity index (χ4n) is 4.30. The zero-order valence-electron chi connectivity index (χ0n) is 20.5. The van der Waals surface area contributed by atoms with Crippen LogP contribution in [-0.2, 0) is 7.05 Å². The molecule has 8 nitrogen and oxygen atoms in total. The summed E-state index contributed by atoms with van der Waals surface area (Å²) in [6, 6.07) is 4.43. The van der Waals surface area contributed by atoms with Crippen molar-refractivity contribution in [2.75, 3.05) is 18.4 Å². The van der Waals surface area contributed by atoms with E-state index in [2.05, 4.69) is 26.9 Å². The van der Waals surface area contributed by atoms with Crippen LogP contribution in [-0.4, -0.2) is 44.6 Å². The predicted molar refractivity (Wildman–Crippen MR) is 135 cm³/mol. The van der Waals surface area contributed by atoms with Crippen molar-refractivity contribution in [1.82, 2.24) is 19.4 Å². The Morgan fingerprint density at radius 2 is 1.97 bits per heavy atom. The summed E-state index contributed by atoms with van der Waals surface area (Å²) in [7, 11) is 1.48. The van der Waals surface area contributed by atoms with Crippen LogP contribution < -0.4 is 10.9 Å². The number of hydrogen-bond donors (Lipinski definition) is 1. The Kier molecular flexibility index (Phi) is 7.23. The van der Waals surface area contributed by atoms with Crippen LogP contribution in [0, 0.1) is 5.82 Å². The first-order chi connectivity index (χ1) is 17.7. The molecule has 0 bridgehead atoms. The van der Waals surface area contributed by atoms with Crippen molar-refractivity contribution in [2.24, 2.45) is 12.0 Å². The zero-order valence-corrected chi connectivity index (χ0v) is 20.5. The van der Waals surface area contributed by atoms with E-state index in [1.165, 1.54) is 41.0 Å². The maximum absolute atomic E-state index is 14.7. The van der Waals surface area contributed by atoms with Gasteiger partial charge in [0, 0.05) is 25.4 Å². The highest BCUT2D eigenvalue weighted by Crippen LogP contribution is 2.30. The molecule has 3 heterocycles. The SMILES string of the molecule is C=CC1=C(N=CC)CN(C(=O)c2cc3c(N[C@H](C)c4cccc(C(F)F)c4F)ncnc3n(C)c2=O)C1. The number of rotatable bonds is 7. The topological polar surface area (TPSA) is 92.5 Å². The van der Waals surface area contributed by atoms with Gasteiger partial charge in [0.05, 0.1) is 29.2 Å². The van der Waals surface area contributed by atoms with Crippen LogP contribution in [0.1, 0.15) is 47.8 Å². The molecule has 1 atom stereocenters. The second-order valence-electron chi connectivity index (χ2n) is 8.52. The van der Waals surface area contributed by atoms with Crippen LogP contribution in [0.4, 0.5) is 19.0 Å². The van der Waals surface area contributed by atoms with Crippen molar-refractivity contribution in [1.29, 1.82) is 0 Å². The van der Waals surface area contributed by atoms with Crippen LogP contribution in [0.3, 0.4) is 0 Å². The van der Waals surface area contributed by atoms with Crippen molar-refractivity contribution in [3.8, 4) is 0 Å². The molecular formula is C26H25F3N6O2. The lowest BCUT2D eigenvalue weighted by atomic mass is 10.0. The molecule has 3 aromatic rings. The molecule has 0 saturated heterocycles. The van der Waals surface area contributed by atoms with Crippen molar-refractivity contribution in [3.63, 3.8) is 0 Å². The highest BCUT2D eigenvalue weighted by atomic mass is 19.3. The average Bonchev–Trinajstić information content (AvgIpc) is 3.29. The molecule has 1 amide bonds. The molecule has 2 aromatic heterocycles. The number of pyridine rings is 1. The maximum atomic E-state index is 14.7. The van der Waals surface area contributed by atoms with Gasteiger partial charge >= 0.3 is 0 Å². The molecule has 4 rings (SSSR count). The van der Waals surface area contributed by atoms with Crippen LogP contribution in [0.5, 0.6) is 0 Å². The first-order valence-corrected chi connectivity index (χ1v) is 11.5. The lowest BCUT2D eigenvalue weighted by Crippen LogP contribution is -2.35. The van der Waals surface area contributed by atoms with Gasteiger partial charge in [0.15, 0.2) is 0 Å². The number of halogens is 3. The van der Waals surface area contributed by atoms with Crippen molar-refractivity contribution in [2.45, 2.75) is 26.3 Å². The Labute approximate surface area is 210 Å². The number of hydrogen-bond acceptors (Lipinski definition) is 6. The quantitative estimate of drug-likeness (QED) is 0.471. The second kappa shape index (κ2) is 10.4. The van der Waals surface area contributed by atoms with E-state index in [4.69, 9.17) is 0 Å². The highest BCUT2D eigenvalue weighted by molar-refractivity contribution is 5.99. The molecule has 1 aromatic carbocycles. The Bertz CT molecular complexity index is 1510. The molecule has 0 fully saturated rings. The van der Waals surface area contributed by atoms with E-state index in [0.29, 0.717) is 11.1 Å². The molecule has 0 radical (unpaired) electrons. The average molecular weight is 511 g/mol. The summed E-state index contributed by atoms with van der Waals surface area (Å²) in [6.45, 7) is 7.61. The molecule has 0 unspecified atom stereocenters. The summed E-state index contributed by atoms with van der Waals surface area (Å²) < 4.78 is 42.3. The molecule has 0 spiro atoms. The fourth-order valence-corrected chi connectivity index (χ4v) is 4.30. The second-order valence-corrected chi connectivity index (χ2v) is 8.52. The van der Waals surface area contributed by atoms with E-state index in [9.17, 15) is 22.8 Å². The molecule has 11 heteroatoms. The largest absolute Gasteiger partial charge is 0.363 e. The Balaban J connectivity index is 1.73. The third-order valence-electron chi connectivity index (χ3n) is 6.24. The summed E-state index contributed by atoms with van der Waals surface area (Å²) in [5, 5.41) is 3.35. The number of amides is 1. The normalized spacial score (nSPS) is 14.7. The number of alkyl halides is 2. The molecular weight excluding hydrogens is 485 g/mol. The van der Waals surface area contributed by atoms with Gasteiger partial charge in [-0.05, 0) is 25.5 Å². The van der Waals surface area contributed by atoms with E-state index in [1.54, 1.807) is 26.1 Å². The monoisotopic (exact) mass is 510 g/mol. The minimum atomic E-state index is -2.96. The van der Waals surface area contributed by atoms with Gasteiger partial charge in [-0.15, -0.1) is 0 Å². The van der Waals surface area contributed by atoms with E-state index in [0.717, 1.165) is 11.6 Å². The van der Waals surface area contributed by atoms with Crippen molar-refractivity contribution < 1.29 is 18.0 Å². The van der Waals surface area contributed by atoms with Gasteiger partial charge in [-0.25, -0.2) is 23.1 Å². The molecule has 1 aliphatic rings. The Morgan fingerprint density at radius 1 is 1.24 bits per heavy atom. The van der Waals surface area contributed by atoms with Crippen LogP contribution in [0.25, 0.3) is 11.0 Å². The van der Waals surface area contributed by atoms with Gasteiger partial charge in [-0.2, -0.15) is 0 Å². The van der Waals surface area contributed by atoms with Crippen molar-refractivity contribution in [3.05, 3.63) is 87.4 Å². The summed E-state index contributed by atoms with van der Waals surface area (Å²) in [6.07, 6.45) is 1.52. The van der Waals surface area contributed by atoms with Gasteiger partial charge in [-0.1, -0.05) is 30.9 Å². The first-order valence-electron chi connectivity index (χ1n) is 11.5. The van der Waals surface area contributed by atoms with Crippen LogP contribution >= 0.6 is 0 Å². The van der Waals surface area contributed by atoms with Crippen LogP contribution in [0.15, 0.2) is 64.3 Å². The minimum Gasteiger partial charge on any atom is -0.363 e. The smallest absolute Gasteiger partial charge is 0.266 e. The number of nitrogens with one attached hydrogen (secondary N) is 1. The fraction of sp³-hybridized carbons (Fsp3) is 0.269. The van der Waals surface area contributed by atoms with E-state index >= 15 is 0 Å². The summed E-state index contributed by atoms with van der Waals surface area (Å²) >= 11 is 0. The number of anilines is 1.